The maximum Gasteiger partial charge on any atom is 0.180 e. The van der Waals surface area contributed by atoms with Crippen LogP contribution in [-0.4, -0.2) is 46.8 Å². The molecule has 162 valence electrons. The van der Waals surface area contributed by atoms with Crippen LogP contribution < -0.4 is 10.6 Å². The van der Waals surface area contributed by atoms with Crippen molar-refractivity contribution in [2.75, 3.05) is 24.6 Å². The average Bonchev–Trinajstić information content (AvgIpc) is 3.06. The third-order valence-electron chi connectivity index (χ3n) is 6.43. The first kappa shape index (κ1) is 21.2. The molecule has 9 heteroatoms. The first-order valence-corrected chi connectivity index (χ1v) is 11.9. The highest BCUT2D eigenvalue weighted by atomic mass is 35.5. The van der Waals surface area contributed by atoms with E-state index in [0.717, 1.165) is 53.8 Å². The van der Waals surface area contributed by atoms with Crippen molar-refractivity contribution >= 4 is 51.9 Å². The number of piperidine rings is 1. The fraction of sp³-hybridized carbons (Fsp3) is 0.409. The van der Waals surface area contributed by atoms with Crippen molar-refractivity contribution in [1.29, 1.82) is 0 Å². The van der Waals surface area contributed by atoms with E-state index in [1.165, 1.54) is 11.8 Å². The van der Waals surface area contributed by atoms with E-state index in [1.807, 2.05) is 24.3 Å². The van der Waals surface area contributed by atoms with Crippen LogP contribution in [0.2, 0.25) is 10.0 Å². The summed E-state index contributed by atoms with van der Waals surface area (Å²) in [5, 5.41) is 1.79. The summed E-state index contributed by atoms with van der Waals surface area (Å²) in [6, 6.07) is 9.65. The SMILES string of the molecule is C[C@@H]1OCC2(CCN(c3ccc4nc(Sc5cccc(Cl)c5Cl)cnc4n3)CC2)[C@@H]1N. The molecule has 0 bridgehead atoms. The lowest BCUT2D eigenvalue weighted by Crippen LogP contribution is -2.50. The van der Waals surface area contributed by atoms with E-state index in [-0.39, 0.29) is 17.6 Å². The normalized spacial score (nSPS) is 23.0. The number of hydrogen-bond donors (Lipinski definition) is 1. The van der Waals surface area contributed by atoms with Crippen molar-refractivity contribution in [3.05, 3.63) is 46.6 Å². The second-order valence-corrected chi connectivity index (χ2v) is 10.1. The lowest BCUT2D eigenvalue weighted by Gasteiger charge is -2.41. The zero-order valence-electron chi connectivity index (χ0n) is 17.1. The quantitative estimate of drug-likeness (QED) is 0.581. The van der Waals surface area contributed by atoms with E-state index in [2.05, 4.69) is 21.8 Å². The average molecular weight is 476 g/mol. The number of hydrogen-bond acceptors (Lipinski definition) is 7. The molecule has 2 N–H and O–H groups in total. The Labute approximate surface area is 195 Å². The monoisotopic (exact) mass is 475 g/mol. The summed E-state index contributed by atoms with van der Waals surface area (Å²) < 4.78 is 5.83. The molecule has 2 aliphatic heterocycles. The molecule has 1 aromatic carbocycles. The molecular formula is C22H23Cl2N5OS. The van der Waals surface area contributed by atoms with Crippen molar-refractivity contribution in [2.45, 2.75) is 41.8 Å². The molecule has 1 spiro atoms. The van der Waals surface area contributed by atoms with E-state index in [1.54, 1.807) is 12.3 Å². The first-order chi connectivity index (χ1) is 14.9. The standard InChI is InChI=1S/C22H23Cl2N5OS/c1-13-20(25)22(12-30-13)7-9-29(10-8-22)17-6-5-15-21(28-17)26-11-18(27-15)31-16-4-2-3-14(23)19(16)24/h2-6,11,13,20H,7-10,12,25H2,1H3/t13-,20+/m0/s1. The molecule has 0 aliphatic carbocycles. The maximum absolute atomic E-state index is 6.44. The number of pyridine rings is 1. The van der Waals surface area contributed by atoms with E-state index in [9.17, 15) is 0 Å². The minimum absolute atomic E-state index is 0.0975. The molecule has 0 saturated carbocycles. The van der Waals surface area contributed by atoms with Gasteiger partial charge in [-0.1, -0.05) is 41.0 Å². The molecule has 3 aromatic rings. The Morgan fingerprint density at radius 1 is 1.16 bits per heavy atom. The predicted molar refractivity (Wildman–Crippen MR) is 125 cm³/mol. The summed E-state index contributed by atoms with van der Waals surface area (Å²) in [6.45, 7) is 4.66. The summed E-state index contributed by atoms with van der Waals surface area (Å²) in [6.07, 6.45) is 3.89. The fourth-order valence-electron chi connectivity index (χ4n) is 4.43. The van der Waals surface area contributed by atoms with Gasteiger partial charge in [-0.05, 0) is 44.0 Å². The van der Waals surface area contributed by atoms with E-state index >= 15 is 0 Å². The van der Waals surface area contributed by atoms with Crippen LogP contribution in [0.15, 0.2) is 46.5 Å². The third kappa shape index (κ3) is 3.98. The smallest absolute Gasteiger partial charge is 0.180 e. The van der Waals surface area contributed by atoms with Gasteiger partial charge >= 0.3 is 0 Å². The molecule has 2 aromatic heterocycles. The van der Waals surface area contributed by atoms with Crippen LogP contribution in [0.3, 0.4) is 0 Å². The van der Waals surface area contributed by atoms with Crippen LogP contribution in [-0.2, 0) is 4.74 Å². The molecule has 0 amide bonds. The Kier molecular flexibility index (Phi) is 5.73. The predicted octanol–water partition coefficient (Wildman–Crippen LogP) is 4.82. The third-order valence-corrected chi connectivity index (χ3v) is 8.33. The molecule has 2 fully saturated rings. The topological polar surface area (TPSA) is 77.2 Å². The van der Waals surface area contributed by atoms with Gasteiger partial charge in [-0.15, -0.1) is 0 Å². The van der Waals surface area contributed by atoms with Gasteiger partial charge in [0, 0.05) is 29.4 Å². The lowest BCUT2D eigenvalue weighted by atomic mass is 9.73. The van der Waals surface area contributed by atoms with Crippen molar-refractivity contribution in [2.24, 2.45) is 11.1 Å². The largest absolute Gasteiger partial charge is 0.376 e. The maximum atomic E-state index is 6.44. The first-order valence-electron chi connectivity index (χ1n) is 10.3. The van der Waals surface area contributed by atoms with Crippen molar-refractivity contribution < 1.29 is 4.74 Å². The number of halogens is 2. The Bertz CT molecular complexity index is 1120. The van der Waals surface area contributed by atoms with Gasteiger partial charge in [0.2, 0.25) is 0 Å². The number of nitrogens with two attached hydrogens (primary N) is 1. The molecule has 0 unspecified atom stereocenters. The molecule has 6 nitrogen and oxygen atoms in total. The highest BCUT2D eigenvalue weighted by molar-refractivity contribution is 7.99. The Balaban J connectivity index is 1.32. The van der Waals surface area contributed by atoms with Gasteiger partial charge in [-0.2, -0.15) is 0 Å². The second kappa shape index (κ2) is 8.37. The van der Waals surface area contributed by atoms with Gasteiger partial charge < -0.3 is 15.4 Å². The number of benzene rings is 1. The highest BCUT2D eigenvalue weighted by Gasteiger charge is 2.47. The molecule has 2 aliphatic rings. The van der Waals surface area contributed by atoms with Crippen molar-refractivity contribution in [3.8, 4) is 0 Å². The molecule has 2 atom stereocenters. The summed E-state index contributed by atoms with van der Waals surface area (Å²) in [5.41, 5.74) is 7.92. The Morgan fingerprint density at radius 2 is 1.97 bits per heavy atom. The minimum Gasteiger partial charge on any atom is -0.376 e. The van der Waals surface area contributed by atoms with Gasteiger partial charge in [0.25, 0.3) is 0 Å². The van der Waals surface area contributed by atoms with Crippen LogP contribution >= 0.6 is 35.0 Å². The second-order valence-electron chi connectivity index (χ2n) is 8.27. The number of ether oxygens (including phenoxy) is 1. The number of fused-ring (bicyclic) bond motifs is 1. The number of rotatable bonds is 3. The van der Waals surface area contributed by atoms with Crippen LogP contribution in [0.1, 0.15) is 19.8 Å². The van der Waals surface area contributed by atoms with Crippen LogP contribution in [0, 0.1) is 5.41 Å². The summed E-state index contributed by atoms with van der Waals surface area (Å²) in [4.78, 5) is 17.1. The molecule has 5 rings (SSSR count). The van der Waals surface area contributed by atoms with Crippen LogP contribution in [0.5, 0.6) is 0 Å². The van der Waals surface area contributed by atoms with Gasteiger partial charge in [-0.25, -0.2) is 15.0 Å². The molecule has 2 saturated heterocycles. The minimum atomic E-state index is 0.0975. The Morgan fingerprint density at radius 3 is 2.71 bits per heavy atom. The zero-order valence-corrected chi connectivity index (χ0v) is 19.4. The molecule has 0 radical (unpaired) electrons. The molecule has 4 heterocycles. The lowest BCUT2D eigenvalue weighted by molar-refractivity contribution is 0.0974. The van der Waals surface area contributed by atoms with Gasteiger partial charge in [-0.3, -0.25) is 0 Å². The molecular weight excluding hydrogens is 453 g/mol. The van der Waals surface area contributed by atoms with Gasteiger partial charge in [0.15, 0.2) is 5.65 Å². The Hall–Kier alpha value is -1.64. The fourth-order valence-corrected chi connectivity index (χ4v) is 5.73. The summed E-state index contributed by atoms with van der Waals surface area (Å²) in [7, 11) is 0. The van der Waals surface area contributed by atoms with Crippen molar-refractivity contribution in [3.63, 3.8) is 0 Å². The highest BCUT2D eigenvalue weighted by Crippen LogP contribution is 2.42. The number of anilines is 1. The number of aromatic nitrogens is 3. The van der Waals surface area contributed by atoms with Gasteiger partial charge in [0.1, 0.15) is 16.4 Å². The van der Waals surface area contributed by atoms with Crippen LogP contribution in [0.4, 0.5) is 5.82 Å². The van der Waals surface area contributed by atoms with Crippen molar-refractivity contribution in [1.82, 2.24) is 15.0 Å². The van der Waals surface area contributed by atoms with Gasteiger partial charge in [0.05, 0.1) is 29.0 Å². The van der Waals surface area contributed by atoms with Crippen LogP contribution in [0.25, 0.3) is 11.2 Å². The number of nitrogens with zero attached hydrogens (tertiary/aromatic N) is 4. The zero-order chi connectivity index (χ0) is 21.6. The van der Waals surface area contributed by atoms with E-state index < -0.39 is 0 Å². The van der Waals surface area contributed by atoms with E-state index in [0.29, 0.717) is 15.7 Å². The summed E-state index contributed by atoms with van der Waals surface area (Å²) in [5.74, 6) is 0.926. The summed E-state index contributed by atoms with van der Waals surface area (Å²) >= 11 is 13.8. The molecule has 31 heavy (non-hydrogen) atoms. The van der Waals surface area contributed by atoms with E-state index in [4.69, 9.17) is 38.7 Å².